The van der Waals surface area contributed by atoms with E-state index in [4.69, 9.17) is 4.42 Å². The SMILES string of the molecule is c1ccc(-n2c3cccc4c5cccc6c5c5c(cccc5n6-c5cccc(-c6cccc7oc8ccccc8c67)c5)c5cccc2c5c43)cc1. The van der Waals surface area contributed by atoms with Crippen molar-refractivity contribution < 1.29 is 4.42 Å². The van der Waals surface area contributed by atoms with Crippen LogP contribution in [0.1, 0.15) is 0 Å². The van der Waals surface area contributed by atoms with Crippen molar-refractivity contribution in [2.75, 3.05) is 0 Å². The Bertz CT molecular complexity index is 3230. The fraction of sp³-hybridized carbons (Fsp3) is 0. The monoisotopic (exact) mass is 648 g/mol. The smallest absolute Gasteiger partial charge is 0.136 e. The third-order valence-corrected chi connectivity index (χ3v) is 11.0. The average Bonchev–Trinajstić information content (AvgIpc) is 3.85. The summed E-state index contributed by atoms with van der Waals surface area (Å²) in [4.78, 5) is 0. The maximum Gasteiger partial charge on any atom is 0.136 e. The molecule has 51 heavy (non-hydrogen) atoms. The molecule has 3 heteroatoms. The fourth-order valence-electron chi connectivity index (χ4n) is 9.08. The van der Waals surface area contributed by atoms with Crippen LogP contribution in [0, 0.1) is 0 Å². The molecule has 0 bridgehead atoms. The lowest BCUT2D eigenvalue weighted by atomic mass is 9.95. The number of fused-ring (bicyclic) bond motifs is 5. The zero-order chi connectivity index (χ0) is 33.2. The highest BCUT2D eigenvalue weighted by atomic mass is 16.3. The minimum Gasteiger partial charge on any atom is -0.456 e. The number of furan rings is 1. The van der Waals surface area contributed by atoms with Crippen molar-refractivity contribution >= 4 is 87.1 Å². The Morgan fingerprint density at radius 2 is 0.765 bits per heavy atom. The Hall–Kier alpha value is -6.84. The highest BCUT2D eigenvalue weighted by Crippen LogP contribution is 2.47. The van der Waals surface area contributed by atoms with E-state index >= 15 is 0 Å². The Kier molecular flexibility index (Phi) is 5.23. The minimum absolute atomic E-state index is 0.909. The first-order valence-electron chi connectivity index (χ1n) is 17.5. The van der Waals surface area contributed by atoms with E-state index in [-0.39, 0.29) is 0 Å². The van der Waals surface area contributed by atoms with Crippen LogP contribution in [-0.4, -0.2) is 9.13 Å². The Labute approximate surface area is 292 Å². The Balaban J connectivity index is 1.22. The number of rotatable bonds is 3. The number of benzene rings is 8. The van der Waals surface area contributed by atoms with Crippen molar-refractivity contribution in [3.63, 3.8) is 0 Å². The van der Waals surface area contributed by atoms with Crippen LogP contribution < -0.4 is 0 Å². The molecule has 0 N–H and O–H groups in total. The number of nitrogens with zero attached hydrogens (tertiary/aromatic N) is 2. The molecular weight excluding hydrogens is 621 g/mol. The largest absolute Gasteiger partial charge is 0.456 e. The van der Waals surface area contributed by atoms with Crippen LogP contribution in [0.3, 0.4) is 0 Å². The highest BCUT2D eigenvalue weighted by molar-refractivity contribution is 6.37. The lowest BCUT2D eigenvalue weighted by molar-refractivity contribution is 0.669. The van der Waals surface area contributed by atoms with Gasteiger partial charge < -0.3 is 13.6 Å². The predicted octanol–water partition coefficient (Wildman–Crippen LogP) is 13.2. The second kappa shape index (κ2) is 9.87. The van der Waals surface area contributed by atoms with E-state index in [1.807, 2.05) is 6.07 Å². The molecule has 0 saturated heterocycles. The van der Waals surface area contributed by atoms with Crippen LogP contribution in [0.25, 0.3) is 110 Å². The van der Waals surface area contributed by atoms with Gasteiger partial charge in [-0.3, -0.25) is 0 Å². The maximum absolute atomic E-state index is 6.28. The summed E-state index contributed by atoms with van der Waals surface area (Å²) in [6, 6.07) is 61.8. The summed E-state index contributed by atoms with van der Waals surface area (Å²) < 4.78 is 11.2. The van der Waals surface area contributed by atoms with Crippen LogP contribution in [0.4, 0.5) is 0 Å². The van der Waals surface area contributed by atoms with E-state index in [0.717, 1.165) is 33.2 Å². The van der Waals surface area contributed by atoms with Crippen molar-refractivity contribution in [3.05, 3.63) is 170 Å². The standard InChI is InChI=1S/C48H28N2O/c1-2-13-30(14-3-1)49-38-22-7-18-33-35-20-9-24-40-47(35)48-36(34-19-8-23-39(49)46(34)45(33)38)21-10-25-41(48)50(40)31-15-6-12-29(28-31)32-17-11-27-43-44(32)37-16-4-5-26-42(37)51-43/h1-28H. The molecule has 0 unspecified atom stereocenters. The molecular formula is C48H28N2O. The molecule has 0 aliphatic heterocycles. The van der Waals surface area contributed by atoms with Gasteiger partial charge in [-0.05, 0) is 93.3 Å². The molecule has 0 aliphatic rings. The first-order chi connectivity index (χ1) is 25.3. The third kappa shape index (κ3) is 3.52. The molecule has 12 aromatic rings. The van der Waals surface area contributed by atoms with Crippen LogP contribution in [0.5, 0.6) is 0 Å². The van der Waals surface area contributed by atoms with Gasteiger partial charge in [0.15, 0.2) is 0 Å². The molecule has 12 rings (SSSR count). The van der Waals surface area contributed by atoms with Crippen molar-refractivity contribution in [2.24, 2.45) is 0 Å². The summed E-state index contributed by atoms with van der Waals surface area (Å²) in [7, 11) is 0. The fourth-order valence-corrected chi connectivity index (χ4v) is 9.08. The lowest BCUT2D eigenvalue weighted by Crippen LogP contribution is -1.94. The van der Waals surface area contributed by atoms with Crippen LogP contribution >= 0.6 is 0 Å². The van der Waals surface area contributed by atoms with Gasteiger partial charge >= 0.3 is 0 Å². The summed E-state index contributed by atoms with van der Waals surface area (Å²) in [6.07, 6.45) is 0. The van der Waals surface area contributed by atoms with Crippen molar-refractivity contribution in [1.29, 1.82) is 0 Å². The van der Waals surface area contributed by atoms with E-state index in [2.05, 4.69) is 173 Å². The van der Waals surface area contributed by atoms with Gasteiger partial charge in [-0.25, -0.2) is 0 Å². The molecule has 9 aromatic carbocycles. The summed E-state index contributed by atoms with van der Waals surface area (Å²) in [5.74, 6) is 0. The summed E-state index contributed by atoms with van der Waals surface area (Å²) in [5, 5.41) is 12.6. The van der Waals surface area contributed by atoms with Gasteiger partial charge in [0, 0.05) is 43.7 Å². The van der Waals surface area contributed by atoms with E-state index < -0.39 is 0 Å². The molecule has 0 fully saturated rings. The molecule has 236 valence electrons. The molecule has 3 aromatic heterocycles. The molecule has 0 radical (unpaired) electrons. The Morgan fingerprint density at radius 3 is 1.37 bits per heavy atom. The third-order valence-electron chi connectivity index (χ3n) is 11.0. The lowest BCUT2D eigenvalue weighted by Gasteiger charge is -2.11. The zero-order valence-electron chi connectivity index (χ0n) is 27.5. The van der Waals surface area contributed by atoms with Gasteiger partial charge in [0.2, 0.25) is 0 Å². The minimum atomic E-state index is 0.909. The van der Waals surface area contributed by atoms with E-state index in [1.54, 1.807) is 0 Å². The molecule has 0 aliphatic carbocycles. The van der Waals surface area contributed by atoms with E-state index in [1.165, 1.54) is 76.4 Å². The van der Waals surface area contributed by atoms with Crippen molar-refractivity contribution in [3.8, 4) is 22.5 Å². The Morgan fingerprint density at radius 1 is 0.314 bits per heavy atom. The van der Waals surface area contributed by atoms with Crippen LogP contribution in [0.15, 0.2) is 174 Å². The van der Waals surface area contributed by atoms with E-state index in [9.17, 15) is 0 Å². The summed E-state index contributed by atoms with van der Waals surface area (Å²) >= 11 is 0. The normalized spacial score (nSPS) is 12.3. The molecule has 0 atom stereocenters. The molecule has 3 heterocycles. The summed E-state index contributed by atoms with van der Waals surface area (Å²) in [6.45, 7) is 0. The quantitative estimate of drug-likeness (QED) is 0.187. The highest BCUT2D eigenvalue weighted by Gasteiger charge is 2.23. The van der Waals surface area contributed by atoms with Gasteiger partial charge in [0.05, 0.1) is 22.1 Å². The number of hydrogen-bond donors (Lipinski definition) is 0. The summed E-state index contributed by atoms with van der Waals surface area (Å²) in [5.41, 5.74) is 11.3. The molecule has 0 saturated carbocycles. The number of para-hydroxylation sites is 2. The predicted molar refractivity (Wildman–Crippen MR) is 214 cm³/mol. The number of hydrogen-bond acceptors (Lipinski definition) is 1. The van der Waals surface area contributed by atoms with Gasteiger partial charge in [-0.2, -0.15) is 0 Å². The molecule has 0 amide bonds. The maximum atomic E-state index is 6.28. The first-order valence-corrected chi connectivity index (χ1v) is 17.5. The molecule has 3 nitrogen and oxygen atoms in total. The topological polar surface area (TPSA) is 23.0 Å². The average molecular weight is 649 g/mol. The second-order valence-electron chi connectivity index (χ2n) is 13.6. The first kappa shape index (κ1) is 27.0. The van der Waals surface area contributed by atoms with Crippen molar-refractivity contribution in [1.82, 2.24) is 9.13 Å². The molecule has 0 spiro atoms. The van der Waals surface area contributed by atoms with E-state index in [0.29, 0.717) is 0 Å². The van der Waals surface area contributed by atoms with Gasteiger partial charge in [0.25, 0.3) is 0 Å². The zero-order valence-corrected chi connectivity index (χ0v) is 27.5. The van der Waals surface area contributed by atoms with Gasteiger partial charge in [0.1, 0.15) is 11.2 Å². The van der Waals surface area contributed by atoms with Crippen LogP contribution in [0.2, 0.25) is 0 Å². The van der Waals surface area contributed by atoms with Gasteiger partial charge in [-0.15, -0.1) is 0 Å². The second-order valence-corrected chi connectivity index (χ2v) is 13.6. The van der Waals surface area contributed by atoms with Gasteiger partial charge in [-0.1, -0.05) is 109 Å². The van der Waals surface area contributed by atoms with Crippen LogP contribution in [-0.2, 0) is 0 Å². The van der Waals surface area contributed by atoms with Crippen molar-refractivity contribution in [2.45, 2.75) is 0 Å². The number of aromatic nitrogens is 2.